The molecule has 3 rings (SSSR count). The number of hydrogen-bond donors (Lipinski definition) is 1. The van der Waals surface area contributed by atoms with Crippen molar-refractivity contribution >= 4 is 46.0 Å². The summed E-state index contributed by atoms with van der Waals surface area (Å²) in [5, 5.41) is 0. The molecule has 0 aliphatic rings. The van der Waals surface area contributed by atoms with E-state index in [1.165, 1.54) is 11.7 Å². The predicted molar refractivity (Wildman–Crippen MR) is 95.3 cm³/mol. The van der Waals surface area contributed by atoms with Gasteiger partial charge in [0.05, 0.1) is 22.7 Å². The van der Waals surface area contributed by atoms with E-state index in [9.17, 15) is 0 Å². The van der Waals surface area contributed by atoms with Gasteiger partial charge < -0.3 is 0 Å². The molecular formula is C16H20N4S2. The smallest absolute Gasteiger partial charge is 0.145 e. The maximum Gasteiger partial charge on any atom is 0.145 e. The van der Waals surface area contributed by atoms with Gasteiger partial charge >= 0.3 is 0 Å². The van der Waals surface area contributed by atoms with Crippen LogP contribution in [-0.4, -0.2) is 18.7 Å². The van der Waals surface area contributed by atoms with Crippen LogP contribution in [0.15, 0.2) is 6.20 Å². The van der Waals surface area contributed by atoms with Gasteiger partial charge in [-0.05, 0) is 10.8 Å². The lowest BCUT2D eigenvalue weighted by Gasteiger charge is -2.26. The van der Waals surface area contributed by atoms with E-state index in [1.807, 2.05) is 0 Å². The minimum atomic E-state index is -0.0794. The third kappa shape index (κ3) is 2.34. The molecule has 0 amide bonds. The second kappa shape index (κ2) is 4.80. The van der Waals surface area contributed by atoms with Crippen LogP contribution in [0, 0.1) is 4.64 Å². The van der Waals surface area contributed by atoms with Crippen LogP contribution in [-0.2, 0) is 10.8 Å². The number of hydrogen-bond acceptors (Lipinski definition) is 5. The molecule has 1 aromatic carbocycles. The molecule has 116 valence electrons. The molecule has 0 radical (unpaired) electrons. The van der Waals surface area contributed by atoms with Gasteiger partial charge in [-0.25, -0.2) is 4.98 Å². The summed E-state index contributed by atoms with van der Waals surface area (Å²) in [5.41, 5.74) is 5.98. The van der Waals surface area contributed by atoms with Gasteiger partial charge in [0.2, 0.25) is 0 Å². The number of fused-ring (bicyclic) bond motifs is 2. The molecule has 3 aromatic rings. The van der Waals surface area contributed by atoms with Crippen molar-refractivity contribution in [3.63, 3.8) is 0 Å². The van der Waals surface area contributed by atoms with Crippen LogP contribution in [0.2, 0.25) is 0 Å². The van der Waals surface area contributed by atoms with Gasteiger partial charge in [-0.1, -0.05) is 53.8 Å². The number of H-pyrrole nitrogens is 1. The standard InChI is InChI=1S/C16H20N4S2/c1-15(2,3)9-11-12(18-8(21)7-17-11)10(16(4,5)6)14-13(9)19-22-20-14/h7,20H,1-6H3. The van der Waals surface area contributed by atoms with Gasteiger partial charge in [-0.15, -0.1) is 0 Å². The van der Waals surface area contributed by atoms with Crippen molar-refractivity contribution in [3.05, 3.63) is 22.0 Å². The van der Waals surface area contributed by atoms with Crippen LogP contribution in [0.5, 0.6) is 0 Å². The van der Waals surface area contributed by atoms with E-state index in [4.69, 9.17) is 12.2 Å². The molecule has 0 unspecified atom stereocenters. The molecule has 0 saturated heterocycles. The van der Waals surface area contributed by atoms with E-state index in [-0.39, 0.29) is 10.8 Å². The van der Waals surface area contributed by atoms with Gasteiger partial charge in [0.25, 0.3) is 0 Å². The Kier molecular flexibility index (Phi) is 3.38. The minimum Gasteiger partial charge on any atom is -0.293 e. The zero-order chi connectivity index (χ0) is 16.3. The van der Waals surface area contributed by atoms with Crippen LogP contribution >= 0.6 is 23.9 Å². The highest BCUT2D eigenvalue weighted by Gasteiger charge is 2.30. The average molecular weight is 332 g/mol. The summed E-state index contributed by atoms with van der Waals surface area (Å²) in [6, 6.07) is 0. The molecule has 0 saturated carbocycles. The van der Waals surface area contributed by atoms with Crippen molar-refractivity contribution < 1.29 is 0 Å². The van der Waals surface area contributed by atoms with E-state index in [0.717, 1.165) is 33.2 Å². The Bertz CT molecular complexity index is 923. The first-order valence-electron chi connectivity index (χ1n) is 7.28. The van der Waals surface area contributed by atoms with Crippen LogP contribution in [0.25, 0.3) is 22.1 Å². The molecule has 2 aromatic heterocycles. The topological polar surface area (TPSA) is 54.5 Å². The fraction of sp³-hybridized carbons (Fsp3) is 0.500. The molecule has 0 spiro atoms. The van der Waals surface area contributed by atoms with Crippen molar-refractivity contribution in [2.24, 2.45) is 0 Å². The number of nitrogens with zero attached hydrogens (tertiary/aromatic N) is 3. The third-order valence-corrected chi connectivity index (χ3v) is 4.50. The highest BCUT2D eigenvalue weighted by atomic mass is 32.1. The Balaban J connectivity index is 2.68. The molecule has 0 aliphatic heterocycles. The second-order valence-corrected chi connectivity index (χ2v) is 8.65. The first-order valence-corrected chi connectivity index (χ1v) is 8.46. The van der Waals surface area contributed by atoms with Crippen LogP contribution in [0.1, 0.15) is 52.7 Å². The van der Waals surface area contributed by atoms with Crippen molar-refractivity contribution in [1.29, 1.82) is 0 Å². The molecule has 1 N–H and O–H groups in total. The van der Waals surface area contributed by atoms with Gasteiger partial charge in [-0.3, -0.25) is 9.36 Å². The number of aromatic amines is 1. The minimum absolute atomic E-state index is 0.0769. The lowest BCUT2D eigenvalue weighted by atomic mass is 9.79. The number of aromatic nitrogens is 4. The fourth-order valence-electron chi connectivity index (χ4n) is 2.95. The summed E-state index contributed by atoms with van der Waals surface area (Å²) in [6.45, 7) is 13.1. The van der Waals surface area contributed by atoms with Crippen molar-refractivity contribution in [1.82, 2.24) is 18.7 Å². The van der Waals surface area contributed by atoms with Gasteiger partial charge in [-0.2, -0.15) is 4.37 Å². The zero-order valence-electron chi connectivity index (χ0n) is 13.7. The quantitative estimate of drug-likeness (QED) is 0.595. The lowest BCUT2D eigenvalue weighted by molar-refractivity contribution is 0.590. The Morgan fingerprint density at radius 1 is 0.955 bits per heavy atom. The molecule has 6 heteroatoms. The summed E-state index contributed by atoms with van der Waals surface area (Å²) in [5.74, 6) is 0. The van der Waals surface area contributed by atoms with Gasteiger partial charge in [0.15, 0.2) is 0 Å². The zero-order valence-corrected chi connectivity index (χ0v) is 15.4. The SMILES string of the molecule is CC(C)(C)c1c2ncc(=S)nc2c(C(C)(C)C)c2[nH]snc12. The Morgan fingerprint density at radius 3 is 2.18 bits per heavy atom. The molecule has 0 aliphatic carbocycles. The van der Waals surface area contributed by atoms with Crippen LogP contribution in [0.3, 0.4) is 0 Å². The van der Waals surface area contributed by atoms with Crippen LogP contribution in [0.4, 0.5) is 0 Å². The summed E-state index contributed by atoms with van der Waals surface area (Å²) < 4.78 is 8.50. The normalized spacial score (nSPS) is 13.2. The Morgan fingerprint density at radius 2 is 1.59 bits per heavy atom. The molecule has 0 atom stereocenters. The van der Waals surface area contributed by atoms with Gasteiger partial charge in [0.1, 0.15) is 10.2 Å². The highest BCUT2D eigenvalue weighted by Crippen LogP contribution is 2.41. The summed E-state index contributed by atoms with van der Waals surface area (Å²) >= 11 is 6.64. The fourth-order valence-corrected chi connectivity index (χ4v) is 3.70. The highest BCUT2D eigenvalue weighted by molar-refractivity contribution is 7.71. The third-order valence-electron chi connectivity index (χ3n) is 3.73. The van der Waals surface area contributed by atoms with Crippen molar-refractivity contribution in [2.45, 2.75) is 52.4 Å². The maximum atomic E-state index is 5.26. The van der Waals surface area contributed by atoms with Gasteiger partial charge in [0, 0.05) is 22.9 Å². The monoisotopic (exact) mass is 332 g/mol. The second-order valence-electron chi connectivity index (χ2n) is 7.66. The average Bonchev–Trinajstić information content (AvgIpc) is 2.80. The maximum absolute atomic E-state index is 5.26. The molecule has 22 heavy (non-hydrogen) atoms. The number of rotatable bonds is 0. The predicted octanol–water partition coefficient (Wildman–Crippen LogP) is 4.89. The summed E-state index contributed by atoms with van der Waals surface area (Å²) in [4.78, 5) is 9.29. The van der Waals surface area contributed by atoms with E-state index < -0.39 is 0 Å². The lowest BCUT2D eigenvalue weighted by Crippen LogP contribution is -2.18. The summed E-state index contributed by atoms with van der Waals surface area (Å²) in [7, 11) is 0. The largest absolute Gasteiger partial charge is 0.293 e. The number of nitrogens with one attached hydrogen (secondary N) is 1. The molecule has 4 nitrogen and oxygen atoms in total. The summed E-state index contributed by atoms with van der Waals surface area (Å²) in [6.07, 6.45) is 1.67. The molecule has 2 heterocycles. The Hall–Kier alpha value is -1.40. The van der Waals surface area contributed by atoms with Crippen molar-refractivity contribution in [3.8, 4) is 0 Å². The molecule has 0 bridgehead atoms. The van der Waals surface area contributed by atoms with E-state index >= 15 is 0 Å². The van der Waals surface area contributed by atoms with E-state index in [0.29, 0.717) is 4.64 Å². The molecule has 0 fully saturated rings. The van der Waals surface area contributed by atoms with E-state index in [2.05, 4.69) is 60.3 Å². The first-order chi connectivity index (χ1) is 10.1. The molecular weight excluding hydrogens is 312 g/mol. The van der Waals surface area contributed by atoms with Crippen molar-refractivity contribution in [2.75, 3.05) is 0 Å². The Labute approximate surface area is 139 Å². The van der Waals surface area contributed by atoms with E-state index in [1.54, 1.807) is 6.20 Å². The number of benzene rings is 1. The first kappa shape index (κ1) is 15.5. The van der Waals surface area contributed by atoms with Crippen LogP contribution < -0.4 is 0 Å².